The van der Waals surface area contributed by atoms with Crippen LogP contribution in [0, 0.1) is 0 Å². The minimum atomic E-state index is -0.996. The van der Waals surface area contributed by atoms with Crippen LogP contribution in [0.2, 0.25) is 0 Å². The number of benzene rings is 1. The molecule has 7 nitrogen and oxygen atoms in total. The Labute approximate surface area is 158 Å². The highest BCUT2D eigenvalue weighted by Gasteiger charge is 2.33. The predicted octanol–water partition coefficient (Wildman–Crippen LogP) is 2.06. The van der Waals surface area contributed by atoms with E-state index < -0.39 is 5.60 Å². The largest absolute Gasteiger partial charge is 0.480 e. The number of aromatic nitrogens is 3. The Bertz CT molecular complexity index is 819. The number of hydrogen-bond donors (Lipinski definition) is 1. The summed E-state index contributed by atoms with van der Waals surface area (Å²) in [6, 6.07) is 8.14. The van der Waals surface area contributed by atoms with Crippen molar-refractivity contribution in [3.05, 3.63) is 41.7 Å². The van der Waals surface area contributed by atoms with E-state index in [2.05, 4.69) is 16.4 Å². The molecule has 0 unspecified atom stereocenters. The molecule has 3 heterocycles. The molecule has 0 aliphatic carbocycles. The maximum absolute atomic E-state index is 12.9. The zero-order chi connectivity index (χ0) is 19.0. The van der Waals surface area contributed by atoms with Crippen molar-refractivity contribution in [2.24, 2.45) is 0 Å². The van der Waals surface area contributed by atoms with Crippen LogP contribution in [0.4, 0.5) is 0 Å². The van der Waals surface area contributed by atoms with E-state index in [1.165, 1.54) is 5.56 Å². The van der Waals surface area contributed by atoms with E-state index in [1.54, 1.807) is 13.8 Å². The third-order valence-electron chi connectivity index (χ3n) is 5.48. The van der Waals surface area contributed by atoms with Gasteiger partial charge in [0.25, 0.3) is 5.91 Å². The fourth-order valence-electron chi connectivity index (χ4n) is 3.79. The van der Waals surface area contributed by atoms with Crippen LogP contribution in [0.5, 0.6) is 5.75 Å². The molecule has 1 aromatic carbocycles. The normalized spacial score (nSPS) is 20.9. The second kappa shape index (κ2) is 6.96. The van der Waals surface area contributed by atoms with Gasteiger partial charge in [0.05, 0.1) is 12.2 Å². The van der Waals surface area contributed by atoms with Crippen LogP contribution in [0.15, 0.2) is 30.5 Å². The van der Waals surface area contributed by atoms with Gasteiger partial charge in [0.2, 0.25) is 0 Å². The van der Waals surface area contributed by atoms with E-state index >= 15 is 0 Å². The van der Waals surface area contributed by atoms with Gasteiger partial charge in [0.1, 0.15) is 17.0 Å². The van der Waals surface area contributed by atoms with Crippen LogP contribution in [0.3, 0.4) is 0 Å². The molecule has 0 saturated carbocycles. The Morgan fingerprint density at radius 2 is 1.96 bits per heavy atom. The van der Waals surface area contributed by atoms with Crippen molar-refractivity contribution >= 4 is 5.91 Å². The van der Waals surface area contributed by atoms with Crippen molar-refractivity contribution < 1.29 is 14.6 Å². The molecule has 2 aromatic rings. The van der Waals surface area contributed by atoms with Crippen molar-refractivity contribution in [1.82, 2.24) is 19.9 Å². The van der Waals surface area contributed by atoms with E-state index in [0.717, 1.165) is 31.4 Å². The fourth-order valence-corrected chi connectivity index (χ4v) is 3.79. The SMILES string of the molecule is CC(C)(O)c1cn(C2CCN(C(=O)[C@H]3CCc4ccccc4O3)CC2)nn1. The average Bonchev–Trinajstić information content (AvgIpc) is 3.18. The van der Waals surface area contributed by atoms with Gasteiger partial charge in [0, 0.05) is 13.1 Å². The summed E-state index contributed by atoms with van der Waals surface area (Å²) >= 11 is 0. The Morgan fingerprint density at radius 3 is 2.67 bits per heavy atom. The highest BCUT2D eigenvalue weighted by molar-refractivity contribution is 5.81. The number of piperidine rings is 1. The fraction of sp³-hybridized carbons (Fsp3) is 0.550. The molecule has 1 fully saturated rings. The lowest BCUT2D eigenvalue weighted by molar-refractivity contribution is -0.140. The first kappa shape index (κ1) is 18.0. The molecule has 1 saturated heterocycles. The lowest BCUT2D eigenvalue weighted by atomic mass is 9.99. The van der Waals surface area contributed by atoms with Crippen molar-refractivity contribution in [3.8, 4) is 5.75 Å². The van der Waals surface area contributed by atoms with E-state index in [0.29, 0.717) is 18.8 Å². The van der Waals surface area contributed by atoms with Crippen molar-refractivity contribution in [2.75, 3.05) is 13.1 Å². The monoisotopic (exact) mass is 370 g/mol. The molecule has 1 atom stereocenters. The van der Waals surface area contributed by atoms with Gasteiger partial charge in [-0.25, -0.2) is 4.68 Å². The number of ether oxygens (including phenoxy) is 1. The first-order valence-electron chi connectivity index (χ1n) is 9.60. The molecule has 0 radical (unpaired) electrons. The van der Waals surface area contributed by atoms with Crippen LogP contribution >= 0.6 is 0 Å². The quantitative estimate of drug-likeness (QED) is 0.895. The molecule has 144 valence electrons. The first-order chi connectivity index (χ1) is 12.9. The molecule has 0 spiro atoms. The minimum Gasteiger partial charge on any atom is -0.480 e. The smallest absolute Gasteiger partial charge is 0.263 e. The molecule has 7 heteroatoms. The van der Waals surface area contributed by atoms with Gasteiger partial charge in [-0.3, -0.25) is 4.79 Å². The third-order valence-corrected chi connectivity index (χ3v) is 5.48. The number of nitrogens with zero attached hydrogens (tertiary/aromatic N) is 4. The standard InChI is InChI=1S/C20H26N4O3/c1-20(2,26)18-13-24(22-21-18)15-9-11-23(12-10-15)19(25)17-8-7-14-5-3-4-6-16(14)27-17/h3-6,13,15,17,26H,7-12H2,1-2H3/t17-/m1/s1. The molecule has 4 rings (SSSR count). The summed E-state index contributed by atoms with van der Waals surface area (Å²) in [5, 5.41) is 18.3. The Morgan fingerprint density at radius 1 is 1.22 bits per heavy atom. The van der Waals surface area contributed by atoms with Gasteiger partial charge in [0.15, 0.2) is 6.10 Å². The van der Waals surface area contributed by atoms with Gasteiger partial charge >= 0.3 is 0 Å². The number of aryl methyl sites for hydroxylation is 1. The number of aliphatic hydroxyl groups is 1. The van der Waals surface area contributed by atoms with Crippen molar-refractivity contribution in [3.63, 3.8) is 0 Å². The van der Waals surface area contributed by atoms with Gasteiger partial charge in [-0.1, -0.05) is 23.4 Å². The van der Waals surface area contributed by atoms with Crippen LogP contribution in [0.1, 0.15) is 50.4 Å². The van der Waals surface area contributed by atoms with Crippen molar-refractivity contribution in [1.29, 1.82) is 0 Å². The zero-order valence-corrected chi connectivity index (χ0v) is 15.8. The average molecular weight is 370 g/mol. The summed E-state index contributed by atoms with van der Waals surface area (Å²) in [6.45, 7) is 4.77. The van der Waals surface area contributed by atoms with Crippen LogP contribution < -0.4 is 4.74 Å². The Kier molecular flexibility index (Phi) is 4.63. The third kappa shape index (κ3) is 3.69. The topological polar surface area (TPSA) is 80.5 Å². The summed E-state index contributed by atoms with van der Waals surface area (Å²) in [7, 11) is 0. The summed E-state index contributed by atoms with van der Waals surface area (Å²) < 4.78 is 7.77. The maximum atomic E-state index is 12.9. The number of carbonyl (C=O) groups is 1. The van der Waals surface area contributed by atoms with Crippen LogP contribution in [-0.4, -0.2) is 50.1 Å². The highest BCUT2D eigenvalue weighted by Crippen LogP contribution is 2.29. The van der Waals surface area contributed by atoms with Gasteiger partial charge in [-0.15, -0.1) is 5.10 Å². The summed E-state index contributed by atoms with van der Waals surface area (Å²) in [4.78, 5) is 14.8. The molecule has 1 N–H and O–H groups in total. The Balaban J connectivity index is 1.35. The molecular formula is C20H26N4O3. The number of amides is 1. The summed E-state index contributed by atoms with van der Waals surface area (Å²) in [6.07, 6.45) is 4.68. The molecule has 1 amide bonds. The first-order valence-corrected chi connectivity index (χ1v) is 9.60. The van der Waals surface area contributed by atoms with E-state index in [4.69, 9.17) is 4.74 Å². The Hall–Kier alpha value is -2.41. The lowest BCUT2D eigenvalue weighted by Crippen LogP contribution is -2.47. The number of hydrogen-bond acceptors (Lipinski definition) is 5. The number of rotatable bonds is 3. The molecule has 2 aliphatic rings. The second-order valence-corrected chi connectivity index (χ2v) is 7.95. The predicted molar refractivity (Wildman–Crippen MR) is 99.3 cm³/mol. The zero-order valence-electron chi connectivity index (χ0n) is 15.8. The minimum absolute atomic E-state index is 0.0822. The van der Waals surface area contributed by atoms with Gasteiger partial charge in [-0.2, -0.15) is 0 Å². The van der Waals surface area contributed by atoms with Crippen LogP contribution in [-0.2, 0) is 16.8 Å². The molecular weight excluding hydrogens is 344 g/mol. The molecule has 2 aliphatic heterocycles. The van der Waals surface area contributed by atoms with Gasteiger partial charge in [-0.05, 0) is 51.2 Å². The highest BCUT2D eigenvalue weighted by atomic mass is 16.5. The number of carbonyl (C=O) groups excluding carboxylic acids is 1. The van der Waals surface area contributed by atoms with E-state index in [1.807, 2.05) is 34.0 Å². The lowest BCUT2D eigenvalue weighted by Gasteiger charge is -2.35. The second-order valence-electron chi connectivity index (χ2n) is 7.95. The van der Waals surface area contributed by atoms with E-state index in [9.17, 15) is 9.90 Å². The number of likely N-dealkylation sites (tertiary alicyclic amines) is 1. The molecule has 0 bridgehead atoms. The molecule has 1 aromatic heterocycles. The maximum Gasteiger partial charge on any atom is 0.263 e. The number of para-hydroxylation sites is 1. The van der Waals surface area contributed by atoms with Gasteiger partial charge < -0.3 is 14.7 Å². The van der Waals surface area contributed by atoms with Crippen molar-refractivity contribution in [2.45, 2.75) is 57.3 Å². The molecule has 27 heavy (non-hydrogen) atoms. The summed E-state index contributed by atoms with van der Waals surface area (Å²) in [5.74, 6) is 0.914. The van der Waals surface area contributed by atoms with E-state index in [-0.39, 0.29) is 18.1 Å². The summed E-state index contributed by atoms with van der Waals surface area (Å²) in [5.41, 5.74) is 0.744. The van der Waals surface area contributed by atoms with Crippen LogP contribution in [0.25, 0.3) is 0 Å². The number of fused-ring (bicyclic) bond motifs is 1.